The van der Waals surface area contributed by atoms with Crippen LogP contribution in [0.4, 0.5) is 4.39 Å². The SMILES string of the molecule is O=C(C[C@@H]1C=CS(=O)(=O)C1)N1CCC(Oc2ccc(F)cc2)CC1. The van der Waals surface area contributed by atoms with E-state index in [1.807, 2.05) is 0 Å². The number of likely N-dealkylation sites (tertiary alicyclic amines) is 1. The van der Waals surface area contributed by atoms with Crippen LogP contribution in [0, 0.1) is 11.7 Å². The van der Waals surface area contributed by atoms with Gasteiger partial charge in [0, 0.05) is 43.7 Å². The molecule has 2 aliphatic heterocycles. The highest BCUT2D eigenvalue weighted by atomic mass is 32.2. The molecule has 3 rings (SSSR count). The first-order valence-electron chi connectivity index (χ1n) is 8.02. The molecule has 2 heterocycles. The maximum Gasteiger partial charge on any atom is 0.223 e. The molecule has 1 aromatic carbocycles. The van der Waals surface area contributed by atoms with Gasteiger partial charge in [-0.1, -0.05) is 6.08 Å². The molecule has 0 bridgehead atoms. The number of sulfone groups is 1. The maximum atomic E-state index is 12.9. The zero-order valence-corrected chi connectivity index (χ0v) is 14.0. The molecule has 7 heteroatoms. The van der Waals surface area contributed by atoms with Gasteiger partial charge in [0.1, 0.15) is 17.7 Å². The molecule has 1 atom stereocenters. The molecule has 0 spiro atoms. The Morgan fingerprint density at radius 1 is 1.21 bits per heavy atom. The zero-order valence-electron chi connectivity index (χ0n) is 13.2. The lowest BCUT2D eigenvalue weighted by Crippen LogP contribution is -2.42. The van der Waals surface area contributed by atoms with Crippen molar-refractivity contribution in [3.8, 4) is 5.75 Å². The fourth-order valence-corrected chi connectivity index (χ4v) is 4.45. The first-order chi connectivity index (χ1) is 11.4. The lowest BCUT2D eigenvalue weighted by Gasteiger charge is -2.32. The summed E-state index contributed by atoms with van der Waals surface area (Å²) >= 11 is 0. The number of piperidine rings is 1. The second-order valence-electron chi connectivity index (χ2n) is 6.27. The molecule has 1 aromatic rings. The minimum absolute atomic E-state index is 0.00580. The molecule has 24 heavy (non-hydrogen) atoms. The first-order valence-corrected chi connectivity index (χ1v) is 9.74. The molecule has 130 valence electrons. The van der Waals surface area contributed by atoms with Crippen molar-refractivity contribution in [2.45, 2.75) is 25.4 Å². The summed E-state index contributed by atoms with van der Waals surface area (Å²) < 4.78 is 41.5. The van der Waals surface area contributed by atoms with Crippen LogP contribution in [0.3, 0.4) is 0 Å². The van der Waals surface area contributed by atoms with Gasteiger partial charge in [-0.3, -0.25) is 4.79 Å². The Morgan fingerprint density at radius 3 is 2.46 bits per heavy atom. The van der Waals surface area contributed by atoms with E-state index in [0.29, 0.717) is 31.7 Å². The molecule has 0 unspecified atom stereocenters. The Hall–Kier alpha value is -1.89. The monoisotopic (exact) mass is 353 g/mol. The number of nitrogens with zero attached hydrogens (tertiary/aromatic N) is 1. The minimum Gasteiger partial charge on any atom is -0.490 e. The Labute approximate surface area is 141 Å². The third-order valence-electron chi connectivity index (χ3n) is 4.35. The molecule has 1 fully saturated rings. The van der Waals surface area contributed by atoms with Crippen LogP contribution in [0.25, 0.3) is 0 Å². The number of hydrogen-bond acceptors (Lipinski definition) is 4. The lowest BCUT2D eigenvalue weighted by molar-refractivity contribution is -0.133. The molecule has 0 aliphatic carbocycles. The average Bonchev–Trinajstić information content (AvgIpc) is 2.89. The van der Waals surface area contributed by atoms with Gasteiger partial charge < -0.3 is 9.64 Å². The number of rotatable bonds is 4. The Morgan fingerprint density at radius 2 is 1.88 bits per heavy atom. The third kappa shape index (κ3) is 4.35. The predicted molar refractivity (Wildman–Crippen MR) is 87.7 cm³/mol. The van der Waals surface area contributed by atoms with Crippen LogP contribution in [0.5, 0.6) is 5.75 Å². The number of benzene rings is 1. The van der Waals surface area contributed by atoms with Gasteiger partial charge in [0.05, 0.1) is 5.75 Å². The van der Waals surface area contributed by atoms with Crippen LogP contribution in [0.15, 0.2) is 35.7 Å². The standard InChI is InChI=1S/C17H20FNO4S/c18-14-1-3-15(4-2-14)23-16-5-8-19(9-6-16)17(20)11-13-7-10-24(21,22)12-13/h1-4,7,10,13,16H,5-6,8-9,11-12H2/t13-/m0/s1. The largest absolute Gasteiger partial charge is 0.490 e. The van der Waals surface area contributed by atoms with E-state index < -0.39 is 9.84 Å². The highest BCUT2D eigenvalue weighted by Gasteiger charge is 2.28. The van der Waals surface area contributed by atoms with Crippen LogP contribution in [-0.2, 0) is 14.6 Å². The van der Waals surface area contributed by atoms with Gasteiger partial charge in [-0.25, -0.2) is 12.8 Å². The first kappa shape index (κ1) is 17.0. The van der Waals surface area contributed by atoms with Crippen molar-refractivity contribution in [1.29, 1.82) is 0 Å². The Kier molecular flexibility index (Phi) is 4.89. The Bertz CT molecular complexity index is 721. The number of carbonyl (C=O) groups excluding carboxylic acids is 1. The predicted octanol–water partition coefficient (Wildman–Crippen LogP) is 2.14. The van der Waals surface area contributed by atoms with Crippen molar-refractivity contribution < 1.29 is 22.3 Å². The number of amides is 1. The fraction of sp³-hybridized carbons (Fsp3) is 0.471. The summed E-state index contributed by atoms with van der Waals surface area (Å²) in [5.41, 5.74) is 0. The third-order valence-corrected chi connectivity index (χ3v) is 5.82. The summed E-state index contributed by atoms with van der Waals surface area (Å²) in [4.78, 5) is 14.0. The number of halogens is 1. The molecular weight excluding hydrogens is 333 g/mol. The second kappa shape index (κ2) is 6.93. The molecule has 1 saturated heterocycles. The molecule has 5 nitrogen and oxygen atoms in total. The van der Waals surface area contributed by atoms with Crippen LogP contribution < -0.4 is 4.74 Å². The summed E-state index contributed by atoms with van der Waals surface area (Å²) in [5.74, 6) is 0.133. The highest BCUT2D eigenvalue weighted by Crippen LogP contribution is 2.22. The number of ether oxygens (including phenoxy) is 1. The smallest absolute Gasteiger partial charge is 0.223 e. The van der Waals surface area contributed by atoms with E-state index in [1.165, 1.54) is 17.5 Å². The van der Waals surface area contributed by atoms with Crippen molar-refractivity contribution in [2.24, 2.45) is 5.92 Å². The van der Waals surface area contributed by atoms with Gasteiger partial charge in [0.25, 0.3) is 0 Å². The number of hydrogen-bond donors (Lipinski definition) is 0. The van der Waals surface area contributed by atoms with Crippen molar-refractivity contribution in [3.05, 3.63) is 41.6 Å². The maximum absolute atomic E-state index is 12.9. The Balaban J connectivity index is 1.45. The van der Waals surface area contributed by atoms with E-state index in [4.69, 9.17) is 4.74 Å². The summed E-state index contributed by atoms with van der Waals surface area (Å²) in [7, 11) is -3.12. The van der Waals surface area contributed by atoms with Gasteiger partial charge in [-0.2, -0.15) is 0 Å². The average molecular weight is 353 g/mol. The van der Waals surface area contributed by atoms with Gasteiger partial charge >= 0.3 is 0 Å². The zero-order chi connectivity index (χ0) is 17.2. The summed E-state index contributed by atoms with van der Waals surface area (Å²) in [5, 5.41) is 1.20. The van der Waals surface area contributed by atoms with E-state index in [1.54, 1.807) is 23.1 Å². The van der Waals surface area contributed by atoms with Gasteiger partial charge in [0.2, 0.25) is 5.91 Å². The van der Waals surface area contributed by atoms with Crippen LogP contribution in [0.2, 0.25) is 0 Å². The highest BCUT2D eigenvalue weighted by molar-refractivity contribution is 7.94. The van der Waals surface area contributed by atoms with Crippen LogP contribution >= 0.6 is 0 Å². The molecule has 0 radical (unpaired) electrons. The molecular formula is C17H20FNO4S. The topological polar surface area (TPSA) is 63.7 Å². The number of carbonyl (C=O) groups is 1. The molecule has 1 amide bonds. The minimum atomic E-state index is -3.12. The lowest BCUT2D eigenvalue weighted by atomic mass is 10.0. The van der Waals surface area contributed by atoms with E-state index in [-0.39, 0.29) is 35.9 Å². The van der Waals surface area contributed by atoms with Gasteiger partial charge in [-0.05, 0) is 24.3 Å². The van der Waals surface area contributed by atoms with E-state index in [2.05, 4.69) is 0 Å². The summed E-state index contributed by atoms with van der Waals surface area (Å²) in [6.45, 7) is 1.18. The fourth-order valence-electron chi connectivity index (χ4n) is 3.05. The van der Waals surface area contributed by atoms with Crippen LogP contribution in [0.1, 0.15) is 19.3 Å². The van der Waals surface area contributed by atoms with Crippen molar-refractivity contribution >= 4 is 15.7 Å². The summed E-state index contributed by atoms with van der Waals surface area (Å²) in [6, 6.07) is 5.91. The van der Waals surface area contributed by atoms with Crippen LogP contribution in [-0.4, -0.2) is 44.2 Å². The summed E-state index contributed by atoms with van der Waals surface area (Å²) in [6.07, 6.45) is 3.27. The van der Waals surface area contributed by atoms with E-state index in [9.17, 15) is 17.6 Å². The van der Waals surface area contributed by atoms with Crippen molar-refractivity contribution in [1.82, 2.24) is 4.90 Å². The quantitative estimate of drug-likeness (QED) is 0.832. The van der Waals surface area contributed by atoms with Gasteiger partial charge in [0.15, 0.2) is 9.84 Å². The molecule has 0 aromatic heterocycles. The molecule has 2 aliphatic rings. The van der Waals surface area contributed by atoms with Crippen molar-refractivity contribution in [3.63, 3.8) is 0 Å². The van der Waals surface area contributed by atoms with E-state index >= 15 is 0 Å². The van der Waals surface area contributed by atoms with Crippen molar-refractivity contribution in [2.75, 3.05) is 18.8 Å². The molecule has 0 N–H and O–H groups in total. The van der Waals surface area contributed by atoms with Gasteiger partial charge in [-0.15, -0.1) is 0 Å². The second-order valence-corrected chi connectivity index (χ2v) is 8.21. The molecule has 0 saturated carbocycles. The van der Waals surface area contributed by atoms with E-state index in [0.717, 1.165) is 0 Å². The normalized spacial score (nSPS) is 23.4. The number of allylic oxidation sites excluding steroid dienone is 1.